The molecule has 0 fully saturated rings. The highest BCUT2D eigenvalue weighted by Crippen LogP contribution is 2.31. The van der Waals surface area contributed by atoms with E-state index in [0.717, 1.165) is 11.8 Å². The molecule has 0 aromatic heterocycles. The Balaban J connectivity index is 1.98. The topological polar surface area (TPSA) is 67.9 Å². The number of halogens is 3. The first-order chi connectivity index (χ1) is 14.6. The third-order valence-electron chi connectivity index (χ3n) is 3.98. The third kappa shape index (κ3) is 8.05. The van der Waals surface area contributed by atoms with Gasteiger partial charge in [0.25, 0.3) is 5.24 Å². The van der Waals surface area contributed by atoms with Gasteiger partial charge < -0.3 is 19.7 Å². The highest BCUT2D eigenvalue weighted by atomic mass is 32.2. The first-order valence-electron chi connectivity index (χ1n) is 9.23. The van der Waals surface area contributed by atoms with Crippen molar-refractivity contribution in [3.05, 3.63) is 48.0 Å². The number of alkyl halides is 3. The second-order valence-electron chi connectivity index (χ2n) is 6.70. The van der Waals surface area contributed by atoms with Crippen molar-refractivity contribution < 1.29 is 32.2 Å². The molecule has 10 heteroatoms. The zero-order chi connectivity index (χ0) is 23.0. The van der Waals surface area contributed by atoms with E-state index >= 15 is 0 Å². The Kier molecular flexibility index (Phi) is 8.61. The number of anilines is 1. The number of para-hydroxylation sites is 1. The summed E-state index contributed by atoms with van der Waals surface area (Å²) in [6.07, 6.45) is -3.98. The summed E-state index contributed by atoms with van der Waals surface area (Å²) < 4.78 is 46.9. The monoisotopic (exact) mass is 456 g/mol. The first-order valence-corrected chi connectivity index (χ1v) is 10.0. The molecular formula is C21H23F3N2O4S. The van der Waals surface area contributed by atoms with E-state index < -0.39 is 12.8 Å². The number of thioether (sulfide) groups is 1. The Hall–Kier alpha value is -2.88. The number of methoxy groups -OCH3 is 1. The normalized spacial score (nSPS) is 11.0. The average Bonchev–Trinajstić information content (AvgIpc) is 2.71. The van der Waals surface area contributed by atoms with Gasteiger partial charge in [-0.3, -0.25) is 9.59 Å². The van der Waals surface area contributed by atoms with E-state index in [2.05, 4.69) is 5.32 Å². The number of carbonyl (C=O) groups excluding carboxylic acids is 2. The fourth-order valence-corrected chi connectivity index (χ4v) is 3.21. The van der Waals surface area contributed by atoms with Gasteiger partial charge in [0.15, 0.2) is 18.1 Å². The molecular weight excluding hydrogens is 433 g/mol. The minimum Gasteiger partial charge on any atom is -0.493 e. The summed E-state index contributed by atoms with van der Waals surface area (Å²) in [6, 6.07) is 11.5. The largest absolute Gasteiger partial charge is 0.493 e. The van der Waals surface area contributed by atoms with Crippen LogP contribution in [0.1, 0.15) is 12.0 Å². The molecule has 2 aromatic carbocycles. The molecule has 2 aromatic rings. The molecule has 0 atom stereocenters. The zero-order valence-corrected chi connectivity index (χ0v) is 18.1. The number of hydrogen-bond donors (Lipinski definition) is 1. The maximum absolute atomic E-state index is 12.4. The lowest BCUT2D eigenvalue weighted by Gasteiger charge is -2.14. The standard InChI is InChI=1S/C21H23F3N2O4S/c1-26(2)20(28)31-18-7-5-4-6-15(18)25-19(27)11-9-14-8-10-16(17(12-14)29-3)30-13-21(22,23)24/h4-8,10,12H,9,11,13H2,1-3H3,(H,25,27). The Morgan fingerprint density at radius 1 is 1.10 bits per heavy atom. The Labute approximate surface area is 182 Å². The van der Waals surface area contributed by atoms with Crippen LogP contribution in [0.15, 0.2) is 47.4 Å². The van der Waals surface area contributed by atoms with Crippen molar-refractivity contribution in [1.29, 1.82) is 0 Å². The SMILES string of the molecule is COc1cc(CCC(=O)Nc2ccccc2SC(=O)N(C)C)ccc1OCC(F)(F)F. The summed E-state index contributed by atoms with van der Waals surface area (Å²) >= 11 is 1.01. The molecule has 0 spiro atoms. The average molecular weight is 456 g/mol. The number of ether oxygens (including phenoxy) is 2. The quantitative estimate of drug-likeness (QED) is 0.568. The molecule has 31 heavy (non-hydrogen) atoms. The summed E-state index contributed by atoms with van der Waals surface area (Å²) in [6.45, 7) is -1.42. The minimum absolute atomic E-state index is 0.0236. The lowest BCUT2D eigenvalue weighted by molar-refractivity contribution is -0.153. The lowest BCUT2D eigenvalue weighted by atomic mass is 10.1. The molecule has 0 saturated carbocycles. The van der Waals surface area contributed by atoms with E-state index in [1.54, 1.807) is 50.5 Å². The van der Waals surface area contributed by atoms with Crippen LogP contribution in [0.25, 0.3) is 0 Å². The van der Waals surface area contributed by atoms with Crippen LogP contribution in [0.2, 0.25) is 0 Å². The maximum atomic E-state index is 12.4. The fraction of sp³-hybridized carbons (Fsp3) is 0.333. The number of nitrogens with zero attached hydrogens (tertiary/aromatic N) is 1. The van der Waals surface area contributed by atoms with Crippen LogP contribution in [-0.4, -0.2) is 50.0 Å². The predicted octanol–water partition coefficient (Wildman–Crippen LogP) is 4.98. The van der Waals surface area contributed by atoms with Gasteiger partial charge in [0, 0.05) is 25.4 Å². The van der Waals surface area contributed by atoms with Gasteiger partial charge in [-0.05, 0) is 48.0 Å². The Morgan fingerprint density at radius 2 is 1.81 bits per heavy atom. The van der Waals surface area contributed by atoms with Crippen molar-refractivity contribution in [1.82, 2.24) is 4.90 Å². The van der Waals surface area contributed by atoms with Crippen LogP contribution in [0.3, 0.4) is 0 Å². The molecule has 168 valence electrons. The number of amides is 2. The van der Waals surface area contributed by atoms with Gasteiger partial charge in [0.2, 0.25) is 5.91 Å². The van der Waals surface area contributed by atoms with Crippen molar-refractivity contribution in [2.24, 2.45) is 0 Å². The van der Waals surface area contributed by atoms with Gasteiger partial charge in [-0.1, -0.05) is 18.2 Å². The van der Waals surface area contributed by atoms with E-state index in [9.17, 15) is 22.8 Å². The molecule has 0 aliphatic heterocycles. The van der Waals surface area contributed by atoms with Crippen molar-refractivity contribution >= 4 is 28.6 Å². The number of rotatable bonds is 8. The summed E-state index contributed by atoms with van der Waals surface area (Å²) in [4.78, 5) is 26.4. The first kappa shape index (κ1) is 24.4. The summed E-state index contributed by atoms with van der Waals surface area (Å²) in [7, 11) is 4.62. The molecule has 6 nitrogen and oxygen atoms in total. The van der Waals surface area contributed by atoms with E-state index in [4.69, 9.17) is 9.47 Å². The van der Waals surface area contributed by atoms with E-state index in [0.29, 0.717) is 22.6 Å². The molecule has 0 saturated heterocycles. The van der Waals surface area contributed by atoms with E-state index in [-0.39, 0.29) is 29.1 Å². The fourth-order valence-electron chi connectivity index (χ4n) is 2.46. The number of benzene rings is 2. The maximum Gasteiger partial charge on any atom is 0.422 e. The highest BCUT2D eigenvalue weighted by Gasteiger charge is 2.29. The smallest absolute Gasteiger partial charge is 0.422 e. The van der Waals surface area contributed by atoms with Crippen LogP contribution in [0.5, 0.6) is 11.5 Å². The van der Waals surface area contributed by atoms with Crippen LogP contribution in [0.4, 0.5) is 23.7 Å². The van der Waals surface area contributed by atoms with E-state index in [1.807, 2.05) is 0 Å². The van der Waals surface area contributed by atoms with Gasteiger partial charge in [-0.15, -0.1) is 0 Å². The summed E-state index contributed by atoms with van der Waals surface area (Å²) in [5.41, 5.74) is 1.23. The number of carbonyl (C=O) groups is 2. The van der Waals surface area contributed by atoms with E-state index in [1.165, 1.54) is 18.1 Å². The van der Waals surface area contributed by atoms with Gasteiger partial charge >= 0.3 is 6.18 Å². The second kappa shape index (κ2) is 10.9. The minimum atomic E-state index is -4.45. The summed E-state index contributed by atoms with van der Waals surface area (Å²) in [5, 5.41) is 2.63. The van der Waals surface area contributed by atoms with Crippen molar-refractivity contribution in [2.45, 2.75) is 23.9 Å². The summed E-state index contributed by atoms with van der Waals surface area (Å²) in [5.74, 6) is -0.127. The zero-order valence-electron chi connectivity index (χ0n) is 17.3. The van der Waals surface area contributed by atoms with Crippen molar-refractivity contribution in [3.8, 4) is 11.5 Å². The van der Waals surface area contributed by atoms with Crippen LogP contribution in [0, 0.1) is 0 Å². The molecule has 0 bridgehead atoms. The van der Waals surface area contributed by atoms with Crippen LogP contribution < -0.4 is 14.8 Å². The lowest BCUT2D eigenvalue weighted by Crippen LogP contribution is -2.19. The molecule has 2 rings (SSSR count). The van der Waals surface area contributed by atoms with Gasteiger partial charge in [-0.2, -0.15) is 13.2 Å². The molecule has 0 aliphatic rings. The molecule has 0 heterocycles. The molecule has 0 radical (unpaired) electrons. The van der Waals surface area contributed by atoms with Crippen molar-refractivity contribution in [3.63, 3.8) is 0 Å². The number of aryl methyl sites for hydroxylation is 1. The molecule has 2 amide bonds. The van der Waals surface area contributed by atoms with Gasteiger partial charge in [0.1, 0.15) is 0 Å². The van der Waals surface area contributed by atoms with Crippen LogP contribution in [-0.2, 0) is 11.2 Å². The third-order valence-corrected chi connectivity index (χ3v) is 5.10. The molecule has 1 N–H and O–H groups in total. The van der Waals surface area contributed by atoms with Crippen molar-refractivity contribution in [2.75, 3.05) is 33.1 Å². The molecule has 0 unspecified atom stereocenters. The second-order valence-corrected chi connectivity index (χ2v) is 7.69. The van der Waals surface area contributed by atoms with Gasteiger partial charge in [0.05, 0.1) is 12.8 Å². The number of hydrogen-bond acceptors (Lipinski definition) is 5. The van der Waals surface area contributed by atoms with Crippen LogP contribution >= 0.6 is 11.8 Å². The number of nitrogens with one attached hydrogen (secondary N) is 1. The predicted molar refractivity (Wildman–Crippen MR) is 113 cm³/mol. The Morgan fingerprint density at radius 3 is 2.45 bits per heavy atom. The highest BCUT2D eigenvalue weighted by molar-refractivity contribution is 8.13. The Bertz CT molecular complexity index is 920. The molecule has 0 aliphatic carbocycles. The van der Waals surface area contributed by atoms with Gasteiger partial charge in [-0.25, -0.2) is 0 Å².